The molecule has 21 heavy (non-hydrogen) atoms. The van der Waals surface area contributed by atoms with E-state index in [-0.39, 0.29) is 12.0 Å². The Kier molecular flexibility index (Phi) is 5.51. The van der Waals surface area contributed by atoms with Gasteiger partial charge < -0.3 is 10.1 Å². The SMILES string of the molecule is COc1cccc(CCNC(=O)Nc2ncc(Br)cn2)c1. The Bertz CT molecular complexity index is 604. The highest BCUT2D eigenvalue weighted by molar-refractivity contribution is 9.10. The Morgan fingerprint density at radius 1 is 1.33 bits per heavy atom. The molecule has 0 unspecified atom stereocenters. The van der Waals surface area contributed by atoms with Crippen molar-refractivity contribution < 1.29 is 9.53 Å². The predicted molar refractivity (Wildman–Crippen MR) is 83.5 cm³/mol. The average molecular weight is 351 g/mol. The minimum Gasteiger partial charge on any atom is -0.497 e. The van der Waals surface area contributed by atoms with Gasteiger partial charge in [-0.3, -0.25) is 5.32 Å². The van der Waals surface area contributed by atoms with E-state index in [9.17, 15) is 4.79 Å². The van der Waals surface area contributed by atoms with E-state index in [0.717, 1.165) is 15.8 Å². The number of rotatable bonds is 5. The third kappa shape index (κ3) is 5.03. The predicted octanol–water partition coefficient (Wildman–Crippen LogP) is 2.61. The number of ether oxygens (including phenoxy) is 1. The van der Waals surface area contributed by atoms with Gasteiger partial charge in [-0.05, 0) is 40.0 Å². The molecule has 6 nitrogen and oxygen atoms in total. The van der Waals surface area contributed by atoms with Gasteiger partial charge in [0.1, 0.15) is 5.75 Å². The van der Waals surface area contributed by atoms with Crippen LogP contribution in [0.25, 0.3) is 0 Å². The molecule has 0 fully saturated rings. The number of amides is 2. The summed E-state index contributed by atoms with van der Waals surface area (Å²) in [4.78, 5) is 19.6. The zero-order valence-corrected chi connectivity index (χ0v) is 13.1. The van der Waals surface area contributed by atoms with E-state index in [2.05, 4.69) is 36.5 Å². The summed E-state index contributed by atoms with van der Waals surface area (Å²) in [6, 6.07) is 7.40. The minimum atomic E-state index is -0.333. The Hall–Kier alpha value is -2.15. The van der Waals surface area contributed by atoms with Crippen LogP contribution in [-0.2, 0) is 6.42 Å². The van der Waals surface area contributed by atoms with E-state index in [0.29, 0.717) is 13.0 Å². The van der Waals surface area contributed by atoms with Crippen molar-refractivity contribution in [3.63, 3.8) is 0 Å². The van der Waals surface area contributed by atoms with Crippen molar-refractivity contribution in [2.24, 2.45) is 0 Å². The molecule has 0 spiro atoms. The van der Waals surface area contributed by atoms with E-state index in [1.165, 1.54) is 0 Å². The number of urea groups is 1. The van der Waals surface area contributed by atoms with Crippen molar-refractivity contribution in [1.82, 2.24) is 15.3 Å². The normalized spacial score (nSPS) is 10.0. The Labute approximate surface area is 131 Å². The molecule has 1 aromatic carbocycles. The lowest BCUT2D eigenvalue weighted by atomic mass is 10.1. The van der Waals surface area contributed by atoms with Gasteiger partial charge in [0.15, 0.2) is 0 Å². The summed E-state index contributed by atoms with van der Waals surface area (Å²) in [6.45, 7) is 0.509. The second-order valence-corrected chi connectivity index (χ2v) is 5.12. The number of anilines is 1. The summed E-state index contributed by atoms with van der Waals surface area (Å²) in [7, 11) is 1.63. The molecule has 0 bridgehead atoms. The first-order valence-electron chi connectivity index (χ1n) is 6.32. The molecule has 0 aliphatic rings. The number of hydrogen-bond acceptors (Lipinski definition) is 4. The fraction of sp³-hybridized carbons (Fsp3) is 0.214. The van der Waals surface area contributed by atoms with E-state index in [1.807, 2.05) is 24.3 Å². The molecule has 2 N–H and O–H groups in total. The molecular formula is C14H15BrN4O2. The smallest absolute Gasteiger partial charge is 0.321 e. The number of nitrogens with one attached hydrogen (secondary N) is 2. The van der Waals surface area contributed by atoms with E-state index >= 15 is 0 Å². The number of aromatic nitrogens is 2. The molecule has 7 heteroatoms. The zero-order chi connectivity index (χ0) is 15.1. The van der Waals surface area contributed by atoms with Gasteiger partial charge in [0.25, 0.3) is 0 Å². The molecule has 2 amide bonds. The molecule has 0 aliphatic heterocycles. The van der Waals surface area contributed by atoms with Crippen molar-refractivity contribution in [1.29, 1.82) is 0 Å². The van der Waals surface area contributed by atoms with Crippen LogP contribution in [0.4, 0.5) is 10.7 Å². The van der Waals surface area contributed by atoms with Gasteiger partial charge in [-0.1, -0.05) is 12.1 Å². The van der Waals surface area contributed by atoms with E-state index in [4.69, 9.17) is 4.74 Å². The lowest BCUT2D eigenvalue weighted by Gasteiger charge is -2.07. The maximum absolute atomic E-state index is 11.7. The number of methoxy groups -OCH3 is 1. The van der Waals surface area contributed by atoms with Crippen molar-refractivity contribution in [2.45, 2.75) is 6.42 Å². The Balaban J connectivity index is 1.77. The summed E-state index contributed by atoms with van der Waals surface area (Å²) in [5.41, 5.74) is 1.09. The van der Waals surface area contributed by atoms with Crippen LogP contribution in [0.2, 0.25) is 0 Å². The number of carbonyl (C=O) groups excluding carboxylic acids is 1. The van der Waals surface area contributed by atoms with Crippen LogP contribution in [-0.4, -0.2) is 29.7 Å². The maximum atomic E-state index is 11.7. The molecule has 0 saturated carbocycles. The second kappa shape index (κ2) is 7.58. The molecule has 2 aromatic rings. The van der Waals surface area contributed by atoms with Gasteiger partial charge in [0, 0.05) is 18.9 Å². The fourth-order valence-electron chi connectivity index (χ4n) is 1.67. The topological polar surface area (TPSA) is 76.1 Å². The molecule has 110 valence electrons. The van der Waals surface area contributed by atoms with Crippen LogP contribution in [0, 0.1) is 0 Å². The van der Waals surface area contributed by atoms with E-state index in [1.54, 1.807) is 19.5 Å². The number of halogens is 1. The van der Waals surface area contributed by atoms with Gasteiger partial charge in [0.2, 0.25) is 5.95 Å². The molecule has 1 aromatic heterocycles. The van der Waals surface area contributed by atoms with Gasteiger partial charge in [-0.2, -0.15) is 0 Å². The summed E-state index contributed by atoms with van der Waals surface area (Å²) < 4.78 is 5.91. The summed E-state index contributed by atoms with van der Waals surface area (Å²) in [6.07, 6.45) is 3.85. The van der Waals surface area contributed by atoms with Gasteiger partial charge in [0.05, 0.1) is 11.6 Å². The monoisotopic (exact) mass is 350 g/mol. The third-order valence-electron chi connectivity index (χ3n) is 2.68. The van der Waals surface area contributed by atoms with Gasteiger partial charge >= 0.3 is 6.03 Å². The number of benzene rings is 1. The lowest BCUT2D eigenvalue weighted by Crippen LogP contribution is -2.31. The Morgan fingerprint density at radius 3 is 2.81 bits per heavy atom. The summed E-state index contributed by atoms with van der Waals surface area (Å²) in [5.74, 6) is 1.07. The first-order chi connectivity index (χ1) is 10.2. The number of hydrogen-bond donors (Lipinski definition) is 2. The maximum Gasteiger partial charge on any atom is 0.321 e. The number of nitrogens with zero attached hydrogens (tertiary/aromatic N) is 2. The molecule has 1 heterocycles. The fourth-order valence-corrected chi connectivity index (χ4v) is 1.88. The second-order valence-electron chi connectivity index (χ2n) is 4.21. The summed E-state index contributed by atoms with van der Waals surface area (Å²) in [5, 5.41) is 5.31. The first-order valence-corrected chi connectivity index (χ1v) is 7.12. The van der Waals surface area contributed by atoms with Crippen LogP contribution >= 0.6 is 15.9 Å². The average Bonchev–Trinajstić information content (AvgIpc) is 2.50. The minimum absolute atomic E-state index is 0.261. The van der Waals surface area contributed by atoms with Crippen molar-refractivity contribution in [3.05, 3.63) is 46.7 Å². The standard InChI is InChI=1S/C14H15BrN4O2/c1-21-12-4-2-3-10(7-12)5-6-16-14(20)19-13-17-8-11(15)9-18-13/h2-4,7-9H,5-6H2,1H3,(H2,16,17,18,19,20). The summed E-state index contributed by atoms with van der Waals surface area (Å²) >= 11 is 3.23. The van der Waals surface area contributed by atoms with Crippen molar-refractivity contribution in [3.8, 4) is 5.75 Å². The molecule has 0 radical (unpaired) electrons. The van der Waals surface area contributed by atoms with Crippen molar-refractivity contribution >= 4 is 27.9 Å². The highest BCUT2D eigenvalue weighted by Crippen LogP contribution is 2.12. The highest BCUT2D eigenvalue weighted by atomic mass is 79.9. The molecule has 0 atom stereocenters. The molecule has 2 rings (SSSR count). The first kappa shape index (κ1) is 15.2. The van der Waals surface area contributed by atoms with Gasteiger partial charge in [-0.25, -0.2) is 14.8 Å². The van der Waals surface area contributed by atoms with Crippen LogP contribution in [0.1, 0.15) is 5.56 Å². The van der Waals surface area contributed by atoms with Crippen molar-refractivity contribution in [2.75, 3.05) is 19.0 Å². The van der Waals surface area contributed by atoms with Crippen LogP contribution in [0.3, 0.4) is 0 Å². The van der Waals surface area contributed by atoms with Gasteiger partial charge in [-0.15, -0.1) is 0 Å². The zero-order valence-electron chi connectivity index (χ0n) is 11.5. The lowest BCUT2D eigenvalue weighted by molar-refractivity contribution is 0.252. The molecular weight excluding hydrogens is 336 g/mol. The quantitative estimate of drug-likeness (QED) is 0.868. The third-order valence-corrected chi connectivity index (χ3v) is 3.09. The van der Waals surface area contributed by atoms with Crippen LogP contribution < -0.4 is 15.4 Å². The van der Waals surface area contributed by atoms with E-state index < -0.39 is 0 Å². The Morgan fingerprint density at radius 2 is 2.10 bits per heavy atom. The number of carbonyl (C=O) groups is 1. The molecule has 0 saturated heterocycles. The highest BCUT2D eigenvalue weighted by Gasteiger charge is 2.03. The van der Waals surface area contributed by atoms with Crippen LogP contribution in [0.5, 0.6) is 5.75 Å². The molecule has 0 aliphatic carbocycles. The van der Waals surface area contributed by atoms with Crippen LogP contribution in [0.15, 0.2) is 41.1 Å². The largest absolute Gasteiger partial charge is 0.497 e.